The Hall–Kier alpha value is -1.56. The summed E-state index contributed by atoms with van der Waals surface area (Å²) < 4.78 is 0.907. The van der Waals surface area contributed by atoms with Crippen molar-refractivity contribution in [2.24, 2.45) is 0 Å². The van der Waals surface area contributed by atoms with E-state index in [2.05, 4.69) is 31.2 Å². The van der Waals surface area contributed by atoms with E-state index < -0.39 is 0 Å². The number of halogens is 2. The van der Waals surface area contributed by atoms with Gasteiger partial charge in [0, 0.05) is 9.50 Å². The molecule has 1 heterocycles. The van der Waals surface area contributed by atoms with E-state index in [1.54, 1.807) is 0 Å². The van der Waals surface area contributed by atoms with Gasteiger partial charge in [-0.25, -0.2) is 4.79 Å². The number of hydrogen-bond acceptors (Lipinski definition) is 2. The second kappa shape index (κ2) is 5.67. The van der Waals surface area contributed by atoms with E-state index >= 15 is 0 Å². The van der Waals surface area contributed by atoms with Crippen molar-refractivity contribution in [1.82, 2.24) is 15.3 Å². The Labute approximate surface area is 134 Å². The molecule has 0 amide bonds. The summed E-state index contributed by atoms with van der Waals surface area (Å²) in [5.41, 5.74) is 3.32. The third kappa shape index (κ3) is 2.64. The quantitative estimate of drug-likeness (QED) is 0.663. The van der Waals surface area contributed by atoms with Crippen LogP contribution in [-0.2, 0) is 0 Å². The molecule has 2 aromatic carbocycles. The number of hydrogen-bond donors (Lipinski definition) is 3. The molecule has 0 fully saturated rings. The SMILES string of the molecule is CNC(c1ccccc1Cl)c1cc2[nH]c(=O)[nH]c2cc1Br. The fourth-order valence-electron chi connectivity index (χ4n) is 2.48. The number of fused-ring (bicyclic) bond motifs is 1. The standard InChI is InChI=1S/C15H13BrClN3O/c1-18-14(8-4-2-3-5-11(8)17)9-6-12-13(7-10(9)16)20-15(21)19-12/h2-7,14,18H,1H3,(H2,19,20,21). The highest BCUT2D eigenvalue weighted by Crippen LogP contribution is 2.33. The van der Waals surface area contributed by atoms with Crippen molar-refractivity contribution < 1.29 is 0 Å². The molecular formula is C15H13BrClN3O. The summed E-state index contributed by atoms with van der Waals surface area (Å²) in [6, 6.07) is 11.5. The zero-order valence-corrected chi connectivity index (χ0v) is 13.5. The van der Waals surface area contributed by atoms with E-state index in [9.17, 15) is 4.79 Å². The maximum absolute atomic E-state index is 11.4. The summed E-state index contributed by atoms with van der Waals surface area (Å²) in [6.07, 6.45) is 0. The smallest absolute Gasteiger partial charge is 0.309 e. The molecule has 3 N–H and O–H groups in total. The molecule has 0 saturated heterocycles. The molecule has 3 rings (SSSR count). The molecule has 0 aliphatic rings. The fraction of sp³-hybridized carbons (Fsp3) is 0.133. The largest absolute Gasteiger partial charge is 0.323 e. The third-order valence-corrected chi connectivity index (χ3v) is 4.48. The van der Waals surface area contributed by atoms with Gasteiger partial charge in [0.1, 0.15) is 0 Å². The van der Waals surface area contributed by atoms with Crippen molar-refractivity contribution >= 4 is 38.6 Å². The maximum atomic E-state index is 11.4. The Bertz CT molecular complexity index is 855. The molecular weight excluding hydrogens is 354 g/mol. The van der Waals surface area contributed by atoms with Gasteiger partial charge >= 0.3 is 5.69 Å². The summed E-state index contributed by atoms with van der Waals surface area (Å²) in [4.78, 5) is 16.9. The van der Waals surface area contributed by atoms with Gasteiger partial charge in [-0.3, -0.25) is 0 Å². The molecule has 0 spiro atoms. The van der Waals surface area contributed by atoms with Gasteiger partial charge in [0.15, 0.2) is 0 Å². The lowest BCUT2D eigenvalue weighted by Gasteiger charge is -2.20. The number of nitrogens with one attached hydrogen (secondary N) is 3. The van der Waals surface area contributed by atoms with Crippen LogP contribution < -0.4 is 11.0 Å². The van der Waals surface area contributed by atoms with Crippen LogP contribution >= 0.6 is 27.5 Å². The predicted octanol–water partition coefficient (Wildman–Crippen LogP) is 3.58. The first-order valence-corrected chi connectivity index (χ1v) is 7.60. The Balaban J connectivity index is 2.19. The highest BCUT2D eigenvalue weighted by atomic mass is 79.9. The zero-order valence-electron chi connectivity index (χ0n) is 11.2. The molecule has 6 heteroatoms. The summed E-state index contributed by atoms with van der Waals surface area (Å²) in [7, 11) is 1.88. The van der Waals surface area contributed by atoms with E-state index in [0.717, 1.165) is 26.6 Å². The lowest BCUT2D eigenvalue weighted by molar-refractivity contribution is 0.690. The van der Waals surface area contributed by atoms with Gasteiger partial charge < -0.3 is 15.3 Å². The van der Waals surface area contributed by atoms with Crippen molar-refractivity contribution in [3.8, 4) is 0 Å². The minimum atomic E-state index is -0.215. The van der Waals surface area contributed by atoms with Gasteiger partial charge in [0.2, 0.25) is 0 Å². The van der Waals surface area contributed by atoms with E-state index in [1.807, 2.05) is 43.4 Å². The lowest BCUT2D eigenvalue weighted by atomic mass is 9.98. The first-order valence-electron chi connectivity index (χ1n) is 6.43. The minimum absolute atomic E-state index is 0.0733. The van der Waals surface area contributed by atoms with Crippen molar-refractivity contribution in [2.75, 3.05) is 7.05 Å². The molecule has 3 aromatic rings. The second-order valence-corrected chi connectivity index (χ2v) is 6.00. The summed E-state index contributed by atoms with van der Waals surface area (Å²) in [6.45, 7) is 0. The average molecular weight is 367 g/mol. The maximum Gasteiger partial charge on any atom is 0.323 e. The number of aromatic amines is 2. The van der Waals surface area contributed by atoms with Crippen molar-refractivity contribution in [1.29, 1.82) is 0 Å². The number of benzene rings is 2. The van der Waals surface area contributed by atoms with E-state index in [0.29, 0.717) is 5.02 Å². The van der Waals surface area contributed by atoms with E-state index in [-0.39, 0.29) is 11.7 Å². The molecule has 21 heavy (non-hydrogen) atoms. The molecule has 1 aromatic heterocycles. The number of H-pyrrole nitrogens is 2. The number of imidazole rings is 1. The molecule has 4 nitrogen and oxygen atoms in total. The van der Waals surface area contributed by atoms with E-state index in [4.69, 9.17) is 11.6 Å². The Kier molecular flexibility index (Phi) is 3.89. The zero-order chi connectivity index (χ0) is 15.0. The van der Waals surface area contributed by atoms with Crippen LogP contribution in [0.15, 0.2) is 45.7 Å². The minimum Gasteiger partial charge on any atom is -0.309 e. The third-order valence-electron chi connectivity index (χ3n) is 3.45. The lowest BCUT2D eigenvalue weighted by Crippen LogP contribution is -2.18. The topological polar surface area (TPSA) is 60.7 Å². The van der Waals surface area contributed by atoms with Crippen LogP contribution in [0.5, 0.6) is 0 Å². The van der Waals surface area contributed by atoms with Gasteiger partial charge in [0.05, 0.1) is 17.1 Å². The van der Waals surface area contributed by atoms with Gasteiger partial charge in [-0.2, -0.15) is 0 Å². The highest BCUT2D eigenvalue weighted by Gasteiger charge is 2.18. The first kappa shape index (κ1) is 14.4. The van der Waals surface area contributed by atoms with Gasteiger partial charge in [-0.05, 0) is 36.4 Å². The second-order valence-electron chi connectivity index (χ2n) is 4.74. The first-order chi connectivity index (χ1) is 10.1. The molecule has 108 valence electrons. The van der Waals surface area contributed by atoms with Crippen LogP contribution in [0.4, 0.5) is 0 Å². The molecule has 0 saturated carbocycles. The molecule has 0 aliphatic heterocycles. The summed E-state index contributed by atoms with van der Waals surface area (Å²) in [5, 5.41) is 3.97. The Morgan fingerprint density at radius 1 is 1.14 bits per heavy atom. The van der Waals surface area contributed by atoms with Gasteiger partial charge in [-0.15, -0.1) is 0 Å². The fourth-order valence-corrected chi connectivity index (χ4v) is 3.30. The molecule has 1 unspecified atom stereocenters. The van der Waals surface area contributed by atoms with Gasteiger partial charge in [-0.1, -0.05) is 45.7 Å². The molecule has 0 radical (unpaired) electrons. The number of aromatic nitrogens is 2. The normalized spacial score (nSPS) is 12.7. The monoisotopic (exact) mass is 365 g/mol. The molecule has 1 atom stereocenters. The van der Waals surface area contributed by atoms with Crippen molar-refractivity contribution in [3.63, 3.8) is 0 Å². The van der Waals surface area contributed by atoms with E-state index in [1.165, 1.54) is 0 Å². The number of rotatable bonds is 3. The summed E-state index contributed by atoms with van der Waals surface area (Å²) >= 11 is 9.87. The van der Waals surface area contributed by atoms with Crippen LogP contribution in [0.2, 0.25) is 5.02 Å². The highest BCUT2D eigenvalue weighted by molar-refractivity contribution is 9.10. The van der Waals surface area contributed by atoms with Crippen molar-refractivity contribution in [2.45, 2.75) is 6.04 Å². The predicted molar refractivity (Wildman–Crippen MR) is 89.0 cm³/mol. The van der Waals surface area contributed by atoms with Crippen LogP contribution in [0, 0.1) is 0 Å². The Morgan fingerprint density at radius 2 is 1.81 bits per heavy atom. The van der Waals surface area contributed by atoms with Crippen LogP contribution in [-0.4, -0.2) is 17.0 Å². The molecule has 0 aliphatic carbocycles. The average Bonchev–Trinajstić information content (AvgIpc) is 2.81. The van der Waals surface area contributed by atoms with Crippen LogP contribution in [0.1, 0.15) is 17.2 Å². The molecule has 0 bridgehead atoms. The summed E-state index contributed by atoms with van der Waals surface area (Å²) in [5.74, 6) is 0. The van der Waals surface area contributed by atoms with Crippen LogP contribution in [0.3, 0.4) is 0 Å². The van der Waals surface area contributed by atoms with Gasteiger partial charge in [0.25, 0.3) is 0 Å². The Morgan fingerprint density at radius 3 is 2.48 bits per heavy atom. The van der Waals surface area contributed by atoms with Crippen LogP contribution in [0.25, 0.3) is 11.0 Å². The van der Waals surface area contributed by atoms with Crippen molar-refractivity contribution in [3.05, 3.63) is 67.5 Å².